The Hall–Kier alpha value is -1.45. The lowest BCUT2D eigenvalue weighted by Gasteiger charge is -2.22. The molecule has 6 heteroatoms. The number of nitrogens with zero attached hydrogens (tertiary/aromatic N) is 2. The third-order valence-electron chi connectivity index (χ3n) is 3.83. The molecular weight excluding hydrogens is 274 g/mol. The first-order valence-electron chi connectivity index (χ1n) is 6.92. The summed E-state index contributed by atoms with van der Waals surface area (Å²) in [6, 6.07) is 4.73. The zero-order valence-electron chi connectivity index (χ0n) is 11.5. The highest BCUT2D eigenvalue weighted by Gasteiger charge is 2.27. The number of hydrogen-bond donors (Lipinski definition) is 1. The number of nitriles is 1. The number of rotatable bonds is 3. The first-order valence-corrected chi connectivity index (χ1v) is 8.40. The lowest BCUT2D eigenvalue weighted by Crippen LogP contribution is -2.39. The molecule has 108 valence electrons. The summed E-state index contributed by atoms with van der Waals surface area (Å²) in [5, 5.41) is 8.98. The fourth-order valence-electron chi connectivity index (χ4n) is 2.62. The van der Waals surface area contributed by atoms with Crippen molar-refractivity contribution < 1.29 is 8.42 Å². The highest BCUT2D eigenvalue weighted by atomic mass is 32.2. The molecule has 2 atom stereocenters. The van der Waals surface area contributed by atoms with Gasteiger partial charge in [0.15, 0.2) is 5.69 Å². The van der Waals surface area contributed by atoms with Crippen LogP contribution in [0.5, 0.6) is 0 Å². The van der Waals surface area contributed by atoms with Crippen molar-refractivity contribution in [2.45, 2.75) is 50.0 Å². The van der Waals surface area contributed by atoms with E-state index < -0.39 is 10.0 Å². The highest BCUT2D eigenvalue weighted by molar-refractivity contribution is 7.89. The minimum Gasteiger partial charge on any atom is -0.244 e. The Morgan fingerprint density at radius 2 is 2.10 bits per heavy atom. The van der Waals surface area contributed by atoms with Crippen molar-refractivity contribution in [1.29, 1.82) is 5.26 Å². The molecule has 0 aromatic carbocycles. The van der Waals surface area contributed by atoms with Crippen LogP contribution >= 0.6 is 0 Å². The number of aromatic nitrogens is 1. The van der Waals surface area contributed by atoms with Crippen LogP contribution in [-0.4, -0.2) is 19.4 Å². The lowest BCUT2D eigenvalue weighted by atomic mass is 9.98. The summed E-state index contributed by atoms with van der Waals surface area (Å²) in [4.78, 5) is 3.79. The van der Waals surface area contributed by atoms with Crippen molar-refractivity contribution in [2.24, 2.45) is 5.92 Å². The Balaban J connectivity index is 2.24. The van der Waals surface area contributed by atoms with Gasteiger partial charge in [0.05, 0.1) is 0 Å². The summed E-state index contributed by atoms with van der Waals surface area (Å²) in [5.74, 6) is 0.314. The second-order valence-electron chi connectivity index (χ2n) is 5.31. The standard InChI is InChI=1S/C14H19N3O2S/c1-11-6-3-2-4-7-12(11)17-20(18,19)14-8-5-9-16-13(14)10-15/h5,8-9,11-12,17H,2-4,6-7H2,1H3. The molecule has 1 fully saturated rings. The zero-order valence-corrected chi connectivity index (χ0v) is 12.4. The smallest absolute Gasteiger partial charge is 0.243 e. The average molecular weight is 293 g/mol. The summed E-state index contributed by atoms with van der Waals surface area (Å²) in [6.07, 6.45) is 6.64. The zero-order chi connectivity index (χ0) is 14.6. The van der Waals surface area contributed by atoms with Gasteiger partial charge in [-0.15, -0.1) is 0 Å². The van der Waals surface area contributed by atoms with Gasteiger partial charge in [-0.1, -0.05) is 26.2 Å². The molecule has 0 spiro atoms. The van der Waals surface area contributed by atoms with Gasteiger partial charge >= 0.3 is 0 Å². The second kappa shape index (κ2) is 6.33. The highest BCUT2D eigenvalue weighted by Crippen LogP contribution is 2.24. The second-order valence-corrected chi connectivity index (χ2v) is 6.99. The fraction of sp³-hybridized carbons (Fsp3) is 0.571. The van der Waals surface area contributed by atoms with Crippen molar-refractivity contribution >= 4 is 10.0 Å². The van der Waals surface area contributed by atoms with Gasteiger partial charge in [0, 0.05) is 12.2 Å². The van der Waals surface area contributed by atoms with Crippen LogP contribution in [0.15, 0.2) is 23.2 Å². The van der Waals surface area contributed by atoms with Gasteiger partial charge in [0.1, 0.15) is 11.0 Å². The largest absolute Gasteiger partial charge is 0.244 e. The Bertz CT molecular complexity index is 607. The predicted molar refractivity (Wildman–Crippen MR) is 75.3 cm³/mol. The van der Waals surface area contributed by atoms with Crippen molar-refractivity contribution in [3.63, 3.8) is 0 Å². The van der Waals surface area contributed by atoms with E-state index in [1.807, 2.05) is 6.07 Å². The summed E-state index contributed by atoms with van der Waals surface area (Å²) in [6.45, 7) is 2.08. The first-order chi connectivity index (χ1) is 9.54. The maximum absolute atomic E-state index is 12.4. The average Bonchev–Trinajstić information content (AvgIpc) is 2.64. The molecule has 0 bridgehead atoms. The van der Waals surface area contributed by atoms with Crippen LogP contribution in [0.4, 0.5) is 0 Å². The third kappa shape index (κ3) is 3.35. The molecule has 5 nitrogen and oxygen atoms in total. The van der Waals surface area contributed by atoms with Crippen LogP contribution in [0, 0.1) is 17.2 Å². The van der Waals surface area contributed by atoms with E-state index in [0.717, 1.165) is 32.1 Å². The Morgan fingerprint density at radius 1 is 1.35 bits per heavy atom. The van der Waals surface area contributed by atoms with Crippen LogP contribution in [0.25, 0.3) is 0 Å². The Labute approximate surface area is 120 Å². The molecule has 1 aliphatic carbocycles. The molecule has 0 aliphatic heterocycles. The number of hydrogen-bond acceptors (Lipinski definition) is 4. The van der Waals surface area contributed by atoms with Crippen molar-refractivity contribution in [1.82, 2.24) is 9.71 Å². The first kappa shape index (κ1) is 14.9. The Kier molecular flexibility index (Phi) is 4.73. The summed E-state index contributed by atoms with van der Waals surface area (Å²) in [7, 11) is -3.69. The topological polar surface area (TPSA) is 82.8 Å². The van der Waals surface area contributed by atoms with E-state index in [-0.39, 0.29) is 16.6 Å². The van der Waals surface area contributed by atoms with Gasteiger partial charge in [-0.25, -0.2) is 18.1 Å². The maximum atomic E-state index is 12.4. The molecular formula is C14H19N3O2S. The van der Waals surface area contributed by atoms with Crippen LogP contribution in [-0.2, 0) is 10.0 Å². The lowest BCUT2D eigenvalue weighted by molar-refractivity contribution is 0.399. The van der Waals surface area contributed by atoms with E-state index >= 15 is 0 Å². The van der Waals surface area contributed by atoms with Gasteiger partial charge < -0.3 is 0 Å². The summed E-state index contributed by atoms with van der Waals surface area (Å²) in [5.41, 5.74) is -0.0544. The van der Waals surface area contributed by atoms with E-state index in [9.17, 15) is 8.42 Å². The molecule has 0 radical (unpaired) electrons. The number of sulfonamides is 1. The van der Waals surface area contributed by atoms with Crippen LogP contribution in [0.1, 0.15) is 44.7 Å². The molecule has 20 heavy (non-hydrogen) atoms. The molecule has 2 rings (SSSR count). The van der Waals surface area contributed by atoms with Gasteiger partial charge in [-0.3, -0.25) is 0 Å². The van der Waals surface area contributed by atoms with Crippen molar-refractivity contribution in [3.05, 3.63) is 24.0 Å². The fourth-order valence-corrected chi connectivity index (χ4v) is 4.11. The minimum absolute atomic E-state index is 0.0288. The molecule has 0 amide bonds. The monoisotopic (exact) mass is 293 g/mol. The molecule has 1 N–H and O–H groups in total. The minimum atomic E-state index is -3.69. The SMILES string of the molecule is CC1CCCCCC1NS(=O)(=O)c1cccnc1C#N. The quantitative estimate of drug-likeness (QED) is 0.866. The van der Waals surface area contributed by atoms with Gasteiger partial charge in [0.25, 0.3) is 0 Å². The molecule has 1 saturated carbocycles. The molecule has 2 unspecified atom stereocenters. The number of nitrogens with one attached hydrogen (secondary N) is 1. The van der Waals surface area contributed by atoms with E-state index in [1.54, 1.807) is 0 Å². The maximum Gasteiger partial charge on any atom is 0.243 e. The van der Waals surface area contributed by atoms with Crippen LogP contribution in [0.2, 0.25) is 0 Å². The third-order valence-corrected chi connectivity index (χ3v) is 5.36. The summed E-state index contributed by atoms with van der Waals surface area (Å²) < 4.78 is 27.6. The van der Waals surface area contributed by atoms with Crippen LogP contribution < -0.4 is 4.72 Å². The van der Waals surface area contributed by atoms with Crippen molar-refractivity contribution in [3.8, 4) is 6.07 Å². The van der Waals surface area contributed by atoms with Crippen LogP contribution in [0.3, 0.4) is 0 Å². The van der Waals surface area contributed by atoms with Gasteiger partial charge in [-0.2, -0.15) is 5.26 Å². The van der Waals surface area contributed by atoms with E-state index in [2.05, 4.69) is 16.6 Å². The molecule has 1 aliphatic rings. The van der Waals surface area contributed by atoms with Gasteiger partial charge in [-0.05, 0) is 30.9 Å². The molecule has 1 aromatic rings. The summed E-state index contributed by atoms with van der Waals surface area (Å²) >= 11 is 0. The van der Waals surface area contributed by atoms with Gasteiger partial charge in [0.2, 0.25) is 10.0 Å². The number of pyridine rings is 1. The van der Waals surface area contributed by atoms with E-state index in [1.165, 1.54) is 18.3 Å². The van der Waals surface area contributed by atoms with E-state index in [4.69, 9.17) is 5.26 Å². The molecule has 1 aromatic heterocycles. The molecule has 1 heterocycles. The molecule has 0 saturated heterocycles. The van der Waals surface area contributed by atoms with E-state index in [0.29, 0.717) is 5.92 Å². The van der Waals surface area contributed by atoms with Crippen molar-refractivity contribution in [2.75, 3.05) is 0 Å². The predicted octanol–water partition coefficient (Wildman–Crippen LogP) is 2.20. The Morgan fingerprint density at radius 3 is 2.85 bits per heavy atom. The normalized spacial score (nSPS) is 23.8.